The van der Waals surface area contributed by atoms with Gasteiger partial charge in [0.1, 0.15) is 17.1 Å². The average Bonchev–Trinajstić information content (AvgIpc) is 3.38. The molecule has 1 aromatic carbocycles. The van der Waals surface area contributed by atoms with E-state index in [0.717, 1.165) is 25.7 Å². The van der Waals surface area contributed by atoms with Crippen LogP contribution in [-0.4, -0.2) is 50.5 Å². The number of likely N-dealkylation sites (N-methyl/N-ethyl adjacent to an activating group) is 1. The minimum absolute atomic E-state index is 0.0316. The van der Waals surface area contributed by atoms with Crippen molar-refractivity contribution in [3.05, 3.63) is 47.5 Å². The molecule has 0 radical (unpaired) electrons. The van der Waals surface area contributed by atoms with Gasteiger partial charge >= 0.3 is 0 Å². The standard InChI is InChI=1S/C22H26FN5O3/c1-3-27-20(30)18-12-17(19(29)24-16-10-6-7-14(23)11-16)26-28(18)13-22(27,2)21(31)25-15-8-4-5-9-15/h6-7,10-12,15H,3-5,8-9,13H2,1-2H3,(H,24,29)(H,25,31)/t22-/m1/s1. The van der Waals surface area contributed by atoms with Crippen LogP contribution in [0.1, 0.15) is 60.5 Å². The van der Waals surface area contributed by atoms with Crippen molar-refractivity contribution in [2.75, 3.05) is 11.9 Å². The zero-order valence-electron chi connectivity index (χ0n) is 17.7. The van der Waals surface area contributed by atoms with Gasteiger partial charge in [-0.05, 0) is 44.9 Å². The van der Waals surface area contributed by atoms with Gasteiger partial charge in [-0.2, -0.15) is 5.10 Å². The number of halogens is 1. The lowest BCUT2D eigenvalue weighted by Crippen LogP contribution is -2.64. The van der Waals surface area contributed by atoms with E-state index in [-0.39, 0.29) is 35.8 Å². The number of anilines is 1. The Bertz CT molecular complexity index is 1030. The van der Waals surface area contributed by atoms with Gasteiger partial charge in [-0.15, -0.1) is 0 Å². The number of fused-ring (bicyclic) bond motifs is 1. The molecule has 1 aliphatic carbocycles. The molecular formula is C22H26FN5O3. The molecular weight excluding hydrogens is 401 g/mol. The topological polar surface area (TPSA) is 96.3 Å². The van der Waals surface area contributed by atoms with Crippen LogP contribution in [0.15, 0.2) is 30.3 Å². The summed E-state index contributed by atoms with van der Waals surface area (Å²) in [6, 6.07) is 7.06. The lowest BCUT2D eigenvalue weighted by Gasteiger charge is -2.43. The van der Waals surface area contributed by atoms with Crippen molar-refractivity contribution in [3.63, 3.8) is 0 Å². The zero-order chi connectivity index (χ0) is 22.2. The first-order valence-corrected chi connectivity index (χ1v) is 10.6. The molecule has 1 saturated carbocycles. The van der Waals surface area contributed by atoms with Gasteiger partial charge in [0.15, 0.2) is 5.69 Å². The maximum absolute atomic E-state index is 13.4. The molecule has 8 nitrogen and oxygen atoms in total. The summed E-state index contributed by atoms with van der Waals surface area (Å²) in [6.07, 6.45) is 4.06. The first-order chi connectivity index (χ1) is 14.8. The highest BCUT2D eigenvalue weighted by atomic mass is 19.1. The number of nitrogens with zero attached hydrogens (tertiary/aromatic N) is 3. The van der Waals surface area contributed by atoms with Gasteiger partial charge in [0.2, 0.25) is 5.91 Å². The minimum atomic E-state index is -1.11. The van der Waals surface area contributed by atoms with Crippen LogP contribution in [0.3, 0.4) is 0 Å². The average molecular weight is 427 g/mol. The minimum Gasteiger partial charge on any atom is -0.351 e. The Balaban J connectivity index is 1.58. The lowest BCUT2D eigenvalue weighted by atomic mass is 9.94. The van der Waals surface area contributed by atoms with Crippen molar-refractivity contribution in [2.24, 2.45) is 0 Å². The van der Waals surface area contributed by atoms with E-state index in [1.807, 2.05) is 6.92 Å². The fourth-order valence-electron chi connectivity index (χ4n) is 4.42. The summed E-state index contributed by atoms with van der Waals surface area (Å²) in [5.74, 6) is -1.59. The van der Waals surface area contributed by atoms with Crippen molar-refractivity contribution in [1.29, 1.82) is 0 Å². The monoisotopic (exact) mass is 427 g/mol. The molecule has 1 fully saturated rings. The van der Waals surface area contributed by atoms with Crippen molar-refractivity contribution >= 4 is 23.4 Å². The van der Waals surface area contributed by atoms with Crippen LogP contribution in [0.4, 0.5) is 10.1 Å². The normalized spacial score (nSPS) is 21.1. The molecule has 1 aliphatic heterocycles. The number of carbonyl (C=O) groups excluding carboxylic acids is 3. The predicted molar refractivity (Wildman–Crippen MR) is 112 cm³/mol. The third-order valence-electron chi connectivity index (χ3n) is 6.11. The van der Waals surface area contributed by atoms with E-state index in [9.17, 15) is 18.8 Å². The Morgan fingerprint density at radius 2 is 2.00 bits per heavy atom. The van der Waals surface area contributed by atoms with Gasteiger partial charge < -0.3 is 15.5 Å². The van der Waals surface area contributed by atoms with Crippen LogP contribution >= 0.6 is 0 Å². The summed E-state index contributed by atoms with van der Waals surface area (Å²) >= 11 is 0. The first-order valence-electron chi connectivity index (χ1n) is 10.6. The summed E-state index contributed by atoms with van der Waals surface area (Å²) in [5.41, 5.74) is -0.538. The number of hydrogen-bond donors (Lipinski definition) is 2. The third-order valence-corrected chi connectivity index (χ3v) is 6.11. The summed E-state index contributed by atoms with van der Waals surface area (Å²) in [5, 5.41) is 9.95. The number of hydrogen-bond acceptors (Lipinski definition) is 4. The maximum Gasteiger partial charge on any atom is 0.276 e. The first kappa shape index (κ1) is 21.0. The quantitative estimate of drug-likeness (QED) is 0.767. The van der Waals surface area contributed by atoms with Crippen LogP contribution < -0.4 is 10.6 Å². The molecule has 2 N–H and O–H groups in total. The van der Waals surface area contributed by atoms with Crippen LogP contribution in [0, 0.1) is 5.82 Å². The molecule has 0 saturated heterocycles. The molecule has 2 aliphatic rings. The van der Waals surface area contributed by atoms with E-state index in [1.165, 1.54) is 33.8 Å². The number of amides is 3. The molecule has 4 rings (SSSR count). The Morgan fingerprint density at radius 1 is 1.26 bits per heavy atom. The molecule has 0 spiro atoms. The van der Waals surface area contributed by atoms with Crippen molar-refractivity contribution in [2.45, 2.75) is 57.7 Å². The SMILES string of the molecule is CCN1C(=O)c2cc(C(=O)Nc3cccc(F)c3)nn2C[C@]1(C)C(=O)NC1CCCC1. The molecule has 31 heavy (non-hydrogen) atoms. The molecule has 3 amide bonds. The summed E-state index contributed by atoms with van der Waals surface area (Å²) in [4.78, 5) is 40.4. The second-order valence-electron chi connectivity index (χ2n) is 8.32. The molecule has 0 bridgehead atoms. The number of carbonyl (C=O) groups is 3. The maximum atomic E-state index is 13.4. The summed E-state index contributed by atoms with van der Waals surface area (Å²) < 4.78 is 14.8. The van der Waals surface area contributed by atoms with Gasteiger partial charge in [-0.3, -0.25) is 19.1 Å². The second kappa shape index (κ2) is 8.13. The van der Waals surface area contributed by atoms with Crippen molar-refractivity contribution < 1.29 is 18.8 Å². The Kier molecular flexibility index (Phi) is 5.51. The van der Waals surface area contributed by atoms with Gasteiger partial charge in [-0.25, -0.2) is 4.39 Å². The zero-order valence-corrected chi connectivity index (χ0v) is 17.7. The lowest BCUT2D eigenvalue weighted by molar-refractivity contribution is -0.133. The fraction of sp³-hybridized carbons (Fsp3) is 0.455. The van der Waals surface area contributed by atoms with E-state index >= 15 is 0 Å². The third kappa shape index (κ3) is 3.92. The Hall–Kier alpha value is -3.23. The van der Waals surface area contributed by atoms with Gasteiger partial charge in [-0.1, -0.05) is 18.9 Å². The molecule has 9 heteroatoms. The smallest absolute Gasteiger partial charge is 0.276 e. The van der Waals surface area contributed by atoms with Crippen molar-refractivity contribution in [3.8, 4) is 0 Å². The van der Waals surface area contributed by atoms with Gasteiger partial charge in [0, 0.05) is 24.3 Å². The largest absolute Gasteiger partial charge is 0.351 e. The highest BCUT2D eigenvalue weighted by Gasteiger charge is 2.48. The second-order valence-corrected chi connectivity index (χ2v) is 8.32. The van der Waals surface area contributed by atoms with Crippen LogP contribution in [0.5, 0.6) is 0 Å². The van der Waals surface area contributed by atoms with Crippen LogP contribution in [0.25, 0.3) is 0 Å². The molecule has 164 valence electrons. The number of aromatic nitrogens is 2. The van der Waals surface area contributed by atoms with E-state index in [1.54, 1.807) is 13.0 Å². The summed E-state index contributed by atoms with van der Waals surface area (Å²) in [7, 11) is 0. The summed E-state index contributed by atoms with van der Waals surface area (Å²) in [6.45, 7) is 4.05. The van der Waals surface area contributed by atoms with E-state index in [4.69, 9.17) is 0 Å². The molecule has 0 unspecified atom stereocenters. The number of benzene rings is 1. The fourth-order valence-corrected chi connectivity index (χ4v) is 4.42. The number of rotatable bonds is 5. The molecule has 1 aromatic heterocycles. The predicted octanol–water partition coefficient (Wildman–Crippen LogP) is 2.57. The van der Waals surface area contributed by atoms with E-state index in [0.29, 0.717) is 12.2 Å². The van der Waals surface area contributed by atoms with Crippen LogP contribution in [-0.2, 0) is 11.3 Å². The van der Waals surface area contributed by atoms with E-state index < -0.39 is 17.3 Å². The Morgan fingerprint density at radius 3 is 2.68 bits per heavy atom. The van der Waals surface area contributed by atoms with Gasteiger partial charge in [0.25, 0.3) is 11.8 Å². The Labute approximate surface area is 179 Å². The van der Waals surface area contributed by atoms with Crippen molar-refractivity contribution in [1.82, 2.24) is 20.0 Å². The van der Waals surface area contributed by atoms with Gasteiger partial charge in [0.05, 0.1) is 6.54 Å². The molecule has 2 heterocycles. The van der Waals surface area contributed by atoms with E-state index in [2.05, 4.69) is 15.7 Å². The number of nitrogens with one attached hydrogen (secondary N) is 2. The molecule has 2 aromatic rings. The molecule has 1 atom stereocenters. The van der Waals surface area contributed by atoms with Crippen LogP contribution in [0.2, 0.25) is 0 Å². The highest BCUT2D eigenvalue weighted by Crippen LogP contribution is 2.28. The highest BCUT2D eigenvalue weighted by molar-refractivity contribution is 6.05.